The lowest BCUT2D eigenvalue weighted by atomic mass is 9.64. The van der Waals surface area contributed by atoms with E-state index in [0.717, 1.165) is 132 Å². The van der Waals surface area contributed by atoms with Crippen LogP contribution in [0.2, 0.25) is 0 Å². The first kappa shape index (κ1) is 82.4. The van der Waals surface area contributed by atoms with Crippen LogP contribution >= 0.6 is 0 Å². The van der Waals surface area contributed by atoms with Gasteiger partial charge in [-0.05, 0) is 194 Å². The summed E-state index contributed by atoms with van der Waals surface area (Å²) < 4.78 is 22.3. The lowest BCUT2D eigenvalue weighted by Gasteiger charge is -2.40. The Kier molecular flexibility index (Phi) is 32.5. The van der Waals surface area contributed by atoms with E-state index in [2.05, 4.69) is 263 Å². The van der Waals surface area contributed by atoms with E-state index in [-0.39, 0.29) is 33.6 Å². The van der Waals surface area contributed by atoms with Crippen molar-refractivity contribution in [1.29, 1.82) is 0 Å². The molecule has 2 N–H and O–H groups in total. The summed E-state index contributed by atoms with van der Waals surface area (Å²) >= 11 is 0. The van der Waals surface area contributed by atoms with E-state index in [1.807, 2.05) is 12.1 Å². The number of esters is 2. The highest BCUT2D eigenvalue weighted by molar-refractivity contribution is 6.02. The third kappa shape index (κ3) is 26.4. The Morgan fingerprint density at radius 2 is 0.779 bits per heavy atom. The first-order valence-electron chi connectivity index (χ1n) is 38.3. The van der Waals surface area contributed by atoms with Gasteiger partial charge < -0.3 is 29.6 Å². The van der Waals surface area contributed by atoms with Gasteiger partial charge in [0.25, 0.3) is 0 Å². The topological polar surface area (TPSA) is 145 Å². The number of unbranched alkanes of at least 4 members (excludes halogenated alkanes) is 14. The molecule has 0 saturated heterocycles. The van der Waals surface area contributed by atoms with Crippen molar-refractivity contribution in [1.82, 2.24) is 0 Å². The molecule has 556 valence electrons. The average molecular weight is 1410 g/mol. The summed E-state index contributed by atoms with van der Waals surface area (Å²) in [5.74, 6) is 1.25. The molecule has 0 aliphatic rings. The van der Waals surface area contributed by atoms with Crippen molar-refractivity contribution in [3.8, 4) is 11.5 Å². The van der Waals surface area contributed by atoms with Gasteiger partial charge >= 0.3 is 11.9 Å². The van der Waals surface area contributed by atoms with Crippen LogP contribution in [0.25, 0.3) is 21.5 Å². The molecule has 0 fully saturated rings. The summed E-state index contributed by atoms with van der Waals surface area (Å²) in [6.45, 7) is 42.0. The van der Waals surface area contributed by atoms with Gasteiger partial charge in [0.1, 0.15) is 11.5 Å². The molecule has 12 heteroatoms. The molecule has 8 aromatic carbocycles. The molecular weight excluding hydrogens is 1290 g/mol. The van der Waals surface area contributed by atoms with E-state index in [0.29, 0.717) is 37.4 Å². The predicted octanol–water partition coefficient (Wildman–Crippen LogP) is 26.9. The molecule has 0 heterocycles. The van der Waals surface area contributed by atoms with Crippen molar-refractivity contribution >= 4 is 67.6 Å². The van der Waals surface area contributed by atoms with Gasteiger partial charge in [0.05, 0.1) is 49.2 Å². The van der Waals surface area contributed by atoms with Gasteiger partial charge in [-0.15, -0.1) is 10.2 Å². The van der Waals surface area contributed by atoms with Crippen LogP contribution in [0.3, 0.4) is 0 Å². The van der Waals surface area contributed by atoms with Gasteiger partial charge in [0.2, 0.25) is 0 Å². The molecule has 0 radical (unpaired) electrons. The monoisotopic (exact) mass is 1410 g/mol. The van der Waals surface area contributed by atoms with Gasteiger partial charge in [0, 0.05) is 57.2 Å². The Hall–Kier alpha value is -8.90. The number of hydrogen-bond acceptors (Lipinski definition) is 12. The maximum absolute atomic E-state index is 11.4. The van der Waals surface area contributed by atoms with Crippen molar-refractivity contribution in [2.24, 2.45) is 36.7 Å². The largest absolute Gasteiger partial charge is 0.494 e. The number of ether oxygens (including phenoxy) is 4. The molecule has 0 aliphatic carbocycles. The van der Waals surface area contributed by atoms with Crippen LogP contribution in [-0.4, -0.2) is 38.4 Å². The molecule has 0 aliphatic heterocycles. The number of fused-ring (bicyclic) bond motifs is 2. The number of nitrogens with zero attached hydrogens (tertiary/aromatic N) is 4. The molecule has 0 amide bonds. The average Bonchev–Trinajstić information content (AvgIpc) is 0.791. The molecule has 0 unspecified atom stereocenters. The lowest BCUT2D eigenvalue weighted by Crippen LogP contribution is -2.34. The Bertz CT molecular complexity index is 4100. The fourth-order valence-corrected chi connectivity index (χ4v) is 12.2. The zero-order valence-corrected chi connectivity index (χ0v) is 65.6. The van der Waals surface area contributed by atoms with Gasteiger partial charge in [-0.3, -0.25) is 0 Å². The lowest BCUT2D eigenvalue weighted by molar-refractivity contribution is -0.139. The van der Waals surface area contributed by atoms with Gasteiger partial charge in [-0.1, -0.05) is 244 Å². The van der Waals surface area contributed by atoms with Crippen molar-refractivity contribution in [2.75, 3.05) is 37.1 Å². The Balaban J connectivity index is 0.000000291. The molecular formula is C92H122N6O6. The van der Waals surface area contributed by atoms with Crippen molar-refractivity contribution < 1.29 is 28.5 Å². The minimum Gasteiger partial charge on any atom is -0.494 e. The highest BCUT2D eigenvalue weighted by atomic mass is 16.5. The number of anilines is 2. The smallest absolute Gasteiger partial charge is 0.333 e. The molecule has 0 atom stereocenters. The van der Waals surface area contributed by atoms with E-state index < -0.39 is 0 Å². The zero-order valence-electron chi connectivity index (χ0n) is 65.6. The third-order valence-corrected chi connectivity index (χ3v) is 21.1. The van der Waals surface area contributed by atoms with Crippen molar-refractivity contribution in [2.45, 2.75) is 231 Å². The van der Waals surface area contributed by atoms with E-state index in [1.54, 1.807) is 13.8 Å². The van der Waals surface area contributed by atoms with E-state index in [4.69, 9.17) is 29.2 Å². The summed E-state index contributed by atoms with van der Waals surface area (Å²) in [6.07, 6.45) is 20.5. The second kappa shape index (κ2) is 41.0. The van der Waals surface area contributed by atoms with Crippen LogP contribution in [0.1, 0.15) is 226 Å². The Morgan fingerprint density at radius 3 is 1.15 bits per heavy atom. The van der Waals surface area contributed by atoms with Crippen LogP contribution < -0.4 is 20.1 Å². The summed E-state index contributed by atoms with van der Waals surface area (Å²) in [4.78, 5) is 22.8. The maximum Gasteiger partial charge on any atom is 0.333 e. The predicted molar refractivity (Wildman–Crippen MR) is 437 cm³/mol. The maximum atomic E-state index is 11.4. The van der Waals surface area contributed by atoms with Gasteiger partial charge in [-0.25, -0.2) is 9.59 Å². The van der Waals surface area contributed by atoms with Crippen LogP contribution in [0, 0.1) is 30.1 Å². The Morgan fingerprint density at radius 1 is 0.404 bits per heavy atom. The number of rotatable bonds is 40. The number of carbonyl (C=O) groups excluding carboxylic acids is 2. The summed E-state index contributed by atoms with van der Waals surface area (Å²) in [6, 6.07) is 54.7. The number of aryl methyl sites for hydroxylation is 3. The summed E-state index contributed by atoms with van der Waals surface area (Å²) in [5.41, 5.74) is 14.8. The number of benzene rings is 8. The minimum absolute atomic E-state index is 0.0385. The first-order valence-corrected chi connectivity index (χ1v) is 38.3. The number of azo groups is 2. The second-order valence-electron chi connectivity index (χ2n) is 31.6. The second-order valence-corrected chi connectivity index (χ2v) is 31.6. The van der Waals surface area contributed by atoms with E-state index in [1.165, 1.54) is 97.6 Å². The molecule has 0 saturated carbocycles. The molecule has 0 bridgehead atoms. The fraction of sp³-hybridized carbons (Fsp3) is 0.457. The van der Waals surface area contributed by atoms with Gasteiger partial charge in [0.15, 0.2) is 0 Å². The highest BCUT2D eigenvalue weighted by Gasteiger charge is 2.35. The molecule has 104 heavy (non-hydrogen) atoms. The molecule has 0 spiro atoms. The summed E-state index contributed by atoms with van der Waals surface area (Å²) in [7, 11) is 0. The quantitative estimate of drug-likeness (QED) is 0.0167. The van der Waals surface area contributed by atoms with Gasteiger partial charge in [-0.2, -0.15) is 10.2 Å². The van der Waals surface area contributed by atoms with Crippen LogP contribution in [0.4, 0.5) is 34.1 Å². The molecule has 8 rings (SSSR count). The SMILES string of the molecule is C=C(C)C(=O)OCCCCCCCCCCOc1ccc(CNc2ccc(N=Nc3ccc(C(C)(C)C(C)(C)C)c(C)c3)c3ccccc23)cc1.C=C(C)C(=O)OCCCCCCCCCCOc1ccc(CNc2ccc(N=Nc3ccc(CCC(C)(C)C(C)(C)C)c(C)c3)c3ccccc23)cc1. The van der Waals surface area contributed by atoms with Crippen molar-refractivity contribution in [3.05, 3.63) is 215 Å². The van der Waals surface area contributed by atoms with E-state index >= 15 is 0 Å². The number of hydrogen-bond donors (Lipinski definition) is 2. The number of carbonyl (C=O) groups is 2. The van der Waals surface area contributed by atoms with E-state index in [9.17, 15) is 9.59 Å². The number of nitrogens with one attached hydrogen (secondary N) is 2. The minimum atomic E-state index is -0.287. The highest BCUT2D eigenvalue weighted by Crippen LogP contribution is 2.44. The third-order valence-electron chi connectivity index (χ3n) is 21.1. The Labute approximate surface area is 624 Å². The van der Waals surface area contributed by atoms with Crippen LogP contribution in [-0.2, 0) is 44.0 Å². The van der Waals surface area contributed by atoms with Crippen molar-refractivity contribution in [3.63, 3.8) is 0 Å². The summed E-state index contributed by atoms with van der Waals surface area (Å²) in [5, 5.41) is 30.3. The van der Waals surface area contributed by atoms with Crippen LogP contribution in [0.5, 0.6) is 11.5 Å². The van der Waals surface area contributed by atoms with Crippen LogP contribution in [0.15, 0.2) is 202 Å². The zero-order chi connectivity index (χ0) is 75.1. The standard InChI is InChI=1S/C47H63N3O3.C45H59N3O3/c1-35(2)45(51)53-32-18-14-12-10-9-11-13-17-31-52-40-25-21-37(22-26-40)34-48-43-27-28-44(42-20-16-15-19-41(42)43)50-49-39-24-23-38(36(3)33-39)29-30-47(7,8)46(4,5)6;1-33(2)43(49)51-30-18-14-12-10-9-11-13-17-29-50-37-24-21-35(22-25-37)32-46-41-27-28-42(39-20-16-15-19-38(39)41)48-47-36-23-26-40(34(3)31-36)45(7,8)44(4,5)6/h15-16,19-28,33,48H,1,9-14,17-18,29-32,34H2,2-8H3;15-16,19-28,31,46H,1,9-14,17-18,29-30,32H2,2-8H3. The molecule has 0 aromatic heterocycles. The molecule has 12 nitrogen and oxygen atoms in total. The molecule has 8 aromatic rings. The normalized spacial score (nSPS) is 12.0. The first-order chi connectivity index (χ1) is 49.7. The fourth-order valence-electron chi connectivity index (χ4n) is 12.2.